The van der Waals surface area contributed by atoms with E-state index in [0.717, 1.165) is 43.5 Å². The van der Waals surface area contributed by atoms with Crippen molar-refractivity contribution >= 4 is 29.1 Å². The average Bonchev–Trinajstić information content (AvgIpc) is 3.28. The van der Waals surface area contributed by atoms with Crippen molar-refractivity contribution in [3.63, 3.8) is 0 Å². The predicted octanol–water partition coefficient (Wildman–Crippen LogP) is 5.97. The Bertz CT molecular complexity index is 1040. The number of amides is 2. The lowest BCUT2D eigenvalue weighted by molar-refractivity contribution is -0.137. The molecule has 1 saturated carbocycles. The SMILES string of the molecule is Cc1ccc(C(=O)Nc2cccc(CC3=CC[C@H](C)N(C(=O)C4CCCC4)CC3)c2Cl)cn1. The van der Waals surface area contributed by atoms with E-state index in [9.17, 15) is 9.59 Å². The van der Waals surface area contributed by atoms with Crippen LogP contribution in [0.5, 0.6) is 0 Å². The van der Waals surface area contributed by atoms with Gasteiger partial charge in [-0.1, -0.05) is 48.2 Å². The number of carbonyl (C=O) groups excluding carboxylic acids is 2. The summed E-state index contributed by atoms with van der Waals surface area (Å²) in [5.41, 5.74) is 4.22. The molecule has 0 unspecified atom stereocenters. The fourth-order valence-electron chi connectivity index (χ4n) is 4.80. The minimum Gasteiger partial charge on any atom is -0.339 e. The molecule has 1 N–H and O–H groups in total. The Balaban J connectivity index is 1.42. The summed E-state index contributed by atoms with van der Waals surface area (Å²) in [5.74, 6) is 0.320. The van der Waals surface area contributed by atoms with Crippen LogP contribution in [0.4, 0.5) is 5.69 Å². The number of rotatable bonds is 5. The summed E-state index contributed by atoms with van der Waals surface area (Å²) in [6.07, 6.45) is 10.7. The van der Waals surface area contributed by atoms with Crippen LogP contribution >= 0.6 is 11.6 Å². The maximum atomic E-state index is 13.0. The molecule has 1 aliphatic heterocycles. The molecule has 2 heterocycles. The summed E-state index contributed by atoms with van der Waals surface area (Å²) in [4.78, 5) is 31.9. The third-order valence-corrected chi connectivity index (χ3v) is 7.31. The Morgan fingerprint density at radius 1 is 1.18 bits per heavy atom. The zero-order chi connectivity index (χ0) is 23.4. The molecule has 5 nitrogen and oxygen atoms in total. The molecule has 174 valence electrons. The fraction of sp³-hybridized carbons (Fsp3) is 0.444. The zero-order valence-electron chi connectivity index (χ0n) is 19.4. The Morgan fingerprint density at radius 3 is 2.70 bits per heavy atom. The lowest BCUT2D eigenvalue weighted by Crippen LogP contribution is -2.41. The molecule has 0 bridgehead atoms. The summed E-state index contributed by atoms with van der Waals surface area (Å²) < 4.78 is 0. The topological polar surface area (TPSA) is 62.3 Å². The third kappa shape index (κ3) is 5.64. The van der Waals surface area contributed by atoms with Crippen molar-refractivity contribution in [1.82, 2.24) is 9.88 Å². The molecule has 2 aliphatic rings. The Labute approximate surface area is 201 Å². The molecule has 1 fully saturated rings. The van der Waals surface area contributed by atoms with Crippen LogP contribution in [-0.4, -0.2) is 34.3 Å². The first-order valence-electron chi connectivity index (χ1n) is 11.9. The zero-order valence-corrected chi connectivity index (χ0v) is 20.2. The number of halogens is 1. The minimum absolute atomic E-state index is 0.215. The molecule has 6 heteroatoms. The molecule has 0 radical (unpaired) electrons. The number of hydrogen-bond donors (Lipinski definition) is 1. The van der Waals surface area contributed by atoms with Crippen molar-refractivity contribution in [1.29, 1.82) is 0 Å². The molecular weight excluding hydrogens is 434 g/mol. The number of anilines is 1. The van der Waals surface area contributed by atoms with Crippen LogP contribution in [0.25, 0.3) is 0 Å². The van der Waals surface area contributed by atoms with Gasteiger partial charge in [-0.05, 0) is 69.7 Å². The van der Waals surface area contributed by atoms with Gasteiger partial charge in [0.2, 0.25) is 5.91 Å². The van der Waals surface area contributed by atoms with E-state index >= 15 is 0 Å². The van der Waals surface area contributed by atoms with Crippen molar-refractivity contribution in [3.05, 3.63) is 70.0 Å². The summed E-state index contributed by atoms with van der Waals surface area (Å²) in [6.45, 7) is 4.79. The van der Waals surface area contributed by atoms with Gasteiger partial charge in [0, 0.05) is 30.4 Å². The average molecular weight is 466 g/mol. The third-order valence-electron chi connectivity index (χ3n) is 6.86. The minimum atomic E-state index is -0.231. The molecule has 2 aromatic rings. The normalized spacial score (nSPS) is 19.2. The second-order valence-electron chi connectivity index (χ2n) is 9.31. The number of aromatic nitrogens is 1. The molecule has 2 amide bonds. The van der Waals surface area contributed by atoms with E-state index in [1.807, 2.05) is 31.2 Å². The predicted molar refractivity (Wildman–Crippen MR) is 133 cm³/mol. The highest BCUT2D eigenvalue weighted by Crippen LogP contribution is 2.32. The number of aryl methyl sites for hydroxylation is 1. The van der Waals surface area contributed by atoms with E-state index < -0.39 is 0 Å². The maximum Gasteiger partial charge on any atom is 0.257 e. The van der Waals surface area contributed by atoms with Crippen LogP contribution in [0.1, 0.15) is 67.1 Å². The van der Waals surface area contributed by atoms with E-state index in [4.69, 9.17) is 11.6 Å². The Hall–Kier alpha value is -2.66. The van der Waals surface area contributed by atoms with Gasteiger partial charge < -0.3 is 10.2 Å². The summed E-state index contributed by atoms with van der Waals surface area (Å²) in [6, 6.07) is 9.53. The molecule has 1 atom stereocenters. The van der Waals surface area contributed by atoms with Gasteiger partial charge in [-0.2, -0.15) is 0 Å². The van der Waals surface area contributed by atoms with Crippen LogP contribution in [0.3, 0.4) is 0 Å². The number of pyridine rings is 1. The summed E-state index contributed by atoms with van der Waals surface area (Å²) in [7, 11) is 0. The van der Waals surface area contributed by atoms with Gasteiger partial charge in [0.15, 0.2) is 0 Å². The monoisotopic (exact) mass is 465 g/mol. The lowest BCUT2D eigenvalue weighted by Gasteiger charge is -2.29. The Kier molecular flexibility index (Phi) is 7.49. The second kappa shape index (κ2) is 10.5. The number of nitrogens with one attached hydrogen (secondary N) is 1. The van der Waals surface area contributed by atoms with E-state index in [1.54, 1.807) is 12.3 Å². The molecule has 1 aliphatic carbocycles. The quantitative estimate of drug-likeness (QED) is 0.553. The van der Waals surface area contributed by atoms with E-state index in [2.05, 4.69) is 28.2 Å². The van der Waals surface area contributed by atoms with Crippen molar-refractivity contribution in [2.45, 2.75) is 64.8 Å². The van der Waals surface area contributed by atoms with Crippen molar-refractivity contribution < 1.29 is 9.59 Å². The molecule has 4 rings (SSSR count). The highest BCUT2D eigenvalue weighted by atomic mass is 35.5. The van der Waals surface area contributed by atoms with Crippen molar-refractivity contribution in [2.75, 3.05) is 11.9 Å². The number of hydrogen-bond acceptors (Lipinski definition) is 3. The van der Waals surface area contributed by atoms with Crippen LogP contribution in [0.15, 0.2) is 48.2 Å². The second-order valence-corrected chi connectivity index (χ2v) is 9.69. The first kappa shape index (κ1) is 23.5. The summed E-state index contributed by atoms with van der Waals surface area (Å²) in [5, 5.41) is 3.47. The van der Waals surface area contributed by atoms with Gasteiger partial charge in [0.25, 0.3) is 5.91 Å². The largest absolute Gasteiger partial charge is 0.339 e. The van der Waals surface area contributed by atoms with Gasteiger partial charge in [0.1, 0.15) is 0 Å². The first-order chi connectivity index (χ1) is 15.9. The number of benzene rings is 1. The van der Waals surface area contributed by atoms with Crippen LogP contribution < -0.4 is 5.32 Å². The van der Waals surface area contributed by atoms with Crippen LogP contribution in [0, 0.1) is 12.8 Å². The highest BCUT2D eigenvalue weighted by Gasteiger charge is 2.30. The standard InChI is InChI=1S/C27H32ClN3O2/c1-18-10-13-23(17-29-18)26(32)30-24-9-5-8-22(25(24)28)16-20-12-11-19(2)31(15-14-20)27(33)21-6-3-4-7-21/h5,8-10,12-13,17,19,21H,3-4,6-7,11,14-16H2,1-2H3,(H,30,32)/t19-/m0/s1. The van der Waals surface area contributed by atoms with E-state index in [0.29, 0.717) is 28.6 Å². The van der Waals surface area contributed by atoms with Gasteiger partial charge in [-0.15, -0.1) is 0 Å². The lowest BCUT2D eigenvalue weighted by atomic mass is 10.0. The van der Waals surface area contributed by atoms with Gasteiger partial charge in [-0.3, -0.25) is 14.6 Å². The molecule has 33 heavy (non-hydrogen) atoms. The fourth-order valence-corrected chi connectivity index (χ4v) is 5.04. The maximum absolute atomic E-state index is 13.0. The van der Waals surface area contributed by atoms with E-state index in [-0.39, 0.29) is 17.9 Å². The number of nitrogens with zero attached hydrogens (tertiary/aromatic N) is 2. The molecule has 1 aromatic heterocycles. The number of carbonyl (C=O) groups is 2. The molecular formula is C27H32ClN3O2. The highest BCUT2D eigenvalue weighted by molar-refractivity contribution is 6.34. The van der Waals surface area contributed by atoms with Crippen LogP contribution in [0.2, 0.25) is 5.02 Å². The Morgan fingerprint density at radius 2 is 1.97 bits per heavy atom. The smallest absolute Gasteiger partial charge is 0.257 e. The summed E-state index contributed by atoms with van der Waals surface area (Å²) >= 11 is 6.70. The van der Waals surface area contributed by atoms with Gasteiger partial charge >= 0.3 is 0 Å². The first-order valence-corrected chi connectivity index (χ1v) is 12.3. The van der Waals surface area contributed by atoms with Gasteiger partial charge in [-0.25, -0.2) is 0 Å². The van der Waals surface area contributed by atoms with Crippen molar-refractivity contribution in [3.8, 4) is 0 Å². The molecule has 1 aromatic carbocycles. The molecule has 0 spiro atoms. The van der Waals surface area contributed by atoms with Crippen LogP contribution in [-0.2, 0) is 11.2 Å². The van der Waals surface area contributed by atoms with Gasteiger partial charge in [0.05, 0.1) is 16.3 Å². The van der Waals surface area contributed by atoms with Crippen molar-refractivity contribution in [2.24, 2.45) is 5.92 Å². The molecule has 0 saturated heterocycles. The van der Waals surface area contributed by atoms with E-state index in [1.165, 1.54) is 18.4 Å².